The van der Waals surface area contributed by atoms with E-state index in [-0.39, 0.29) is 10.6 Å². The second kappa shape index (κ2) is 8.56. The van der Waals surface area contributed by atoms with Gasteiger partial charge < -0.3 is 4.57 Å². The fourth-order valence-electron chi connectivity index (χ4n) is 4.33. The van der Waals surface area contributed by atoms with E-state index in [1.54, 1.807) is 29.5 Å². The molecule has 0 aliphatic heterocycles. The average molecular weight is 422 g/mol. The van der Waals surface area contributed by atoms with Gasteiger partial charge in [0, 0.05) is 29.1 Å². The molecule has 2 unspecified atom stereocenters. The van der Waals surface area contributed by atoms with Crippen LogP contribution >= 0.6 is 11.3 Å². The molecule has 0 N–H and O–H groups in total. The van der Waals surface area contributed by atoms with Crippen LogP contribution in [0.25, 0.3) is 11.3 Å². The Balaban J connectivity index is 1.92. The Kier molecular flexibility index (Phi) is 5.86. The third-order valence-electron chi connectivity index (χ3n) is 6.07. The Labute approximate surface area is 180 Å². The van der Waals surface area contributed by atoms with E-state index in [4.69, 9.17) is 4.99 Å². The van der Waals surface area contributed by atoms with Crippen molar-refractivity contribution in [2.45, 2.75) is 52.5 Å². The zero-order valence-corrected chi connectivity index (χ0v) is 18.5. The summed E-state index contributed by atoms with van der Waals surface area (Å²) in [6, 6.07) is 13.6. The van der Waals surface area contributed by atoms with Crippen LogP contribution in [0.2, 0.25) is 0 Å². The van der Waals surface area contributed by atoms with Crippen LogP contribution in [-0.4, -0.2) is 9.49 Å². The second-order valence-electron chi connectivity index (χ2n) is 8.31. The molecule has 3 aromatic rings. The molecule has 1 saturated carbocycles. The van der Waals surface area contributed by atoms with E-state index in [1.807, 2.05) is 6.07 Å². The van der Waals surface area contributed by atoms with Gasteiger partial charge in [0.1, 0.15) is 0 Å². The molecule has 6 heteroatoms. The summed E-state index contributed by atoms with van der Waals surface area (Å²) in [6.07, 6.45) is 4.78. The molecule has 2 aromatic carbocycles. The predicted molar refractivity (Wildman–Crippen MR) is 122 cm³/mol. The minimum absolute atomic E-state index is 0.120. The fourth-order valence-corrected chi connectivity index (χ4v) is 5.30. The first kappa shape index (κ1) is 20.5. The molecule has 1 aliphatic rings. The van der Waals surface area contributed by atoms with Crippen LogP contribution in [0, 0.1) is 29.9 Å². The molecule has 5 nitrogen and oxygen atoms in total. The van der Waals surface area contributed by atoms with Crippen LogP contribution in [-0.2, 0) is 0 Å². The Morgan fingerprint density at radius 2 is 1.93 bits per heavy atom. The van der Waals surface area contributed by atoms with Crippen molar-refractivity contribution in [3.63, 3.8) is 0 Å². The zero-order chi connectivity index (χ0) is 21.3. The number of aromatic nitrogens is 1. The Morgan fingerprint density at radius 3 is 2.70 bits per heavy atom. The van der Waals surface area contributed by atoms with Crippen LogP contribution < -0.4 is 4.80 Å². The number of benzene rings is 2. The lowest BCUT2D eigenvalue weighted by atomic mass is 9.85. The van der Waals surface area contributed by atoms with E-state index in [9.17, 15) is 10.1 Å². The van der Waals surface area contributed by atoms with E-state index in [2.05, 4.69) is 48.9 Å². The van der Waals surface area contributed by atoms with Gasteiger partial charge in [0.25, 0.3) is 5.69 Å². The second-order valence-corrected chi connectivity index (χ2v) is 9.15. The number of hydrogen-bond acceptors (Lipinski definition) is 4. The van der Waals surface area contributed by atoms with E-state index < -0.39 is 0 Å². The third kappa shape index (κ3) is 4.10. The van der Waals surface area contributed by atoms with Crippen molar-refractivity contribution < 1.29 is 4.92 Å². The number of nitro groups is 1. The summed E-state index contributed by atoms with van der Waals surface area (Å²) in [5.74, 6) is 0.545. The molecule has 1 heterocycles. The summed E-state index contributed by atoms with van der Waals surface area (Å²) in [5, 5.41) is 13.4. The highest BCUT2D eigenvalue weighted by Gasteiger charge is 2.26. The number of hydrogen-bond donors (Lipinski definition) is 0. The topological polar surface area (TPSA) is 60.4 Å². The van der Waals surface area contributed by atoms with Gasteiger partial charge >= 0.3 is 0 Å². The van der Waals surface area contributed by atoms with Crippen molar-refractivity contribution in [2.24, 2.45) is 10.9 Å². The molecule has 156 valence electrons. The number of aryl methyl sites for hydroxylation is 2. The van der Waals surface area contributed by atoms with Crippen LogP contribution in [0.5, 0.6) is 0 Å². The van der Waals surface area contributed by atoms with Gasteiger partial charge in [0.05, 0.1) is 16.3 Å². The summed E-state index contributed by atoms with van der Waals surface area (Å²) in [6.45, 7) is 6.48. The van der Waals surface area contributed by atoms with Gasteiger partial charge in [-0.25, -0.2) is 4.99 Å². The lowest BCUT2D eigenvalue weighted by molar-refractivity contribution is -0.384. The van der Waals surface area contributed by atoms with Crippen LogP contribution in [0.4, 0.5) is 11.4 Å². The third-order valence-corrected chi connectivity index (χ3v) is 6.91. The first-order valence-corrected chi connectivity index (χ1v) is 11.4. The van der Waals surface area contributed by atoms with E-state index in [1.165, 1.54) is 24.8 Å². The highest BCUT2D eigenvalue weighted by atomic mass is 32.1. The minimum Gasteiger partial charge on any atom is -0.313 e. The van der Waals surface area contributed by atoms with Crippen LogP contribution in [0.3, 0.4) is 0 Å². The molecule has 4 rings (SSSR count). The lowest BCUT2D eigenvalue weighted by Gasteiger charge is -2.31. The number of non-ortho nitro benzene ring substituents is 1. The molecule has 1 aromatic heterocycles. The minimum atomic E-state index is -0.329. The van der Waals surface area contributed by atoms with Crippen LogP contribution in [0.1, 0.15) is 49.8 Å². The number of rotatable bonds is 4. The van der Waals surface area contributed by atoms with Crippen molar-refractivity contribution in [3.8, 4) is 11.3 Å². The van der Waals surface area contributed by atoms with Crippen LogP contribution in [0.15, 0.2) is 52.8 Å². The maximum atomic E-state index is 11.3. The summed E-state index contributed by atoms with van der Waals surface area (Å²) in [7, 11) is 0. The first-order chi connectivity index (χ1) is 14.4. The SMILES string of the molecule is Cc1ccc(C)c(N=c2scc(-c3cccc([N+](=O)[O-])c3)n2C2CCCCC2C)c1. The lowest BCUT2D eigenvalue weighted by Crippen LogP contribution is -2.28. The maximum absolute atomic E-state index is 11.3. The van der Waals surface area contributed by atoms with E-state index in [0.29, 0.717) is 12.0 Å². The number of thiazole rings is 1. The van der Waals surface area contributed by atoms with Crippen molar-refractivity contribution in [1.82, 2.24) is 4.57 Å². The molecule has 1 fully saturated rings. The maximum Gasteiger partial charge on any atom is 0.270 e. The van der Waals surface area contributed by atoms with Crippen molar-refractivity contribution in [2.75, 3.05) is 0 Å². The molecular formula is C24H27N3O2S. The summed E-state index contributed by atoms with van der Waals surface area (Å²) >= 11 is 1.62. The quantitative estimate of drug-likeness (QED) is 0.346. The monoisotopic (exact) mass is 421 g/mol. The highest BCUT2D eigenvalue weighted by molar-refractivity contribution is 7.07. The normalized spacial score (nSPS) is 19.8. The van der Waals surface area contributed by atoms with Gasteiger partial charge in [-0.05, 0) is 49.8 Å². The number of nitro benzene ring substituents is 1. The molecule has 0 spiro atoms. The molecule has 30 heavy (non-hydrogen) atoms. The molecule has 0 saturated heterocycles. The largest absolute Gasteiger partial charge is 0.313 e. The Morgan fingerprint density at radius 1 is 1.13 bits per heavy atom. The Bertz CT molecular complexity index is 1150. The van der Waals surface area contributed by atoms with E-state index in [0.717, 1.165) is 33.7 Å². The van der Waals surface area contributed by atoms with Gasteiger partial charge in [-0.3, -0.25) is 10.1 Å². The molecule has 2 atom stereocenters. The summed E-state index contributed by atoms with van der Waals surface area (Å²) < 4.78 is 2.34. The van der Waals surface area contributed by atoms with Gasteiger partial charge in [-0.2, -0.15) is 0 Å². The van der Waals surface area contributed by atoms with Gasteiger partial charge in [-0.15, -0.1) is 11.3 Å². The summed E-state index contributed by atoms with van der Waals surface area (Å²) in [4.78, 5) is 17.0. The van der Waals surface area contributed by atoms with Gasteiger partial charge in [-0.1, -0.05) is 44.0 Å². The molecule has 0 bridgehead atoms. The summed E-state index contributed by atoms with van der Waals surface area (Å²) in [5.41, 5.74) is 5.34. The van der Waals surface area contributed by atoms with E-state index >= 15 is 0 Å². The number of nitrogens with zero attached hydrogens (tertiary/aromatic N) is 3. The van der Waals surface area contributed by atoms with Crippen molar-refractivity contribution in [1.29, 1.82) is 0 Å². The van der Waals surface area contributed by atoms with Crippen molar-refractivity contribution in [3.05, 3.63) is 73.9 Å². The molecule has 0 amide bonds. The van der Waals surface area contributed by atoms with Crippen molar-refractivity contribution >= 4 is 22.7 Å². The predicted octanol–water partition coefficient (Wildman–Crippen LogP) is 6.73. The highest BCUT2D eigenvalue weighted by Crippen LogP contribution is 2.37. The first-order valence-electron chi connectivity index (χ1n) is 10.5. The zero-order valence-electron chi connectivity index (χ0n) is 17.7. The van der Waals surface area contributed by atoms with Gasteiger partial charge in [0.15, 0.2) is 4.80 Å². The smallest absolute Gasteiger partial charge is 0.270 e. The Hall–Kier alpha value is -2.73. The standard InChI is InChI=1S/C24H27N3O2S/c1-16-11-12-17(2)21(13-16)25-24-26(22-10-5-4-7-18(22)3)23(15-30-24)19-8-6-9-20(14-19)27(28)29/h6,8-9,11-15,18,22H,4-5,7,10H2,1-3H3. The molecule has 0 radical (unpaired) electrons. The van der Waals surface area contributed by atoms with Gasteiger partial charge in [0.2, 0.25) is 0 Å². The molecule has 1 aliphatic carbocycles. The fraction of sp³-hybridized carbons (Fsp3) is 0.375. The average Bonchev–Trinajstić information content (AvgIpc) is 3.14. The molecular weight excluding hydrogens is 394 g/mol.